The summed E-state index contributed by atoms with van der Waals surface area (Å²) in [6.07, 6.45) is 75.6. The lowest BCUT2D eigenvalue weighted by atomic mass is 10.1. The fourth-order valence-corrected chi connectivity index (χ4v) is 9.38. The van der Waals surface area contributed by atoms with Gasteiger partial charge in [-0.2, -0.15) is 0 Å². The fraction of sp³-hybridized carbons (Fsp3) is 0.731. The third-order valence-electron chi connectivity index (χ3n) is 13.5. The molecule has 2 N–H and O–H groups in total. The van der Waals surface area contributed by atoms with E-state index in [1.54, 1.807) is 0 Å². The molecule has 0 radical (unpaired) electrons. The van der Waals surface area contributed by atoms with E-state index in [0.29, 0.717) is 17.4 Å². The van der Waals surface area contributed by atoms with E-state index >= 15 is 0 Å². The second-order valence-corrected chi connectivity index (χ2v) is 23.6. The van der Waals surface area contributed by atoms with Gasteiger partial charge in [0.1, 0.15) is 19.3 Å². The second kappa shape index (κ2) is 56.2. The van der Waals surface area contributed by atoms with Gasteiger partial charge in [-0.3, -0.25) is 18.6 Å². The van der Waals surface area contributed by atoms with Gasteiger partial charge in [-0.1, -0.05) is 240 Å². The summed E-state index contributed by atoms with van der Waals surface area (Å²) in [5, 5.41) is 3.04. The SMILES string of the molecule is CC/C=C\C/C=C\C/C=C\C/C=C\C/C=C\C/C=C\CCCCCCCCCCC(=O)OC(/C=C\CCCCCCCCCCC)C(COP(=O)(O)OCC[N+](C)(C)C)NC(=O)CCCCC/C=C\CCCCCCCC. The van der Waals surface area contributed by atoms with Crippen molar-refractivity contribution in [1.82, 2.24) is 5.32 Å². The molecule has 3 unspecified atom stereocenters. The van der Waals surface area contributed by atoms with Crippen LogP contribution in [0, 0.1) is 0 Å². The largest absolute Gasteiger partial charge is 0.472 e. The number of carbonyl (C=O) groups is 2. The summed E-state index contributed by atoms with van der Waals surface area (Å²) in [4.78, 5) is 37.6. The summed E-state index contributed by atoms with van der Waals surface area (Å²) >= 11 is 0. The maximum atomic E-state index is 13.5. The van der Waals surface area contributed by atoms with Crippen LogP contribution >= 0.6 is 7.82 Å². The van der Waals surface area contributed by atoms with E-state index in [0.717, 1.165) is 122 Å². The number of allylic oxidation sites excluding steroid dienone is 15. The Labute approximate surface area is 475 Å². The summed E-state index contributed by atoms with van der Waals surface area (Å²) < 4.78 is 30.6. The minimum Gasteiger partial charge on any atom is -0.456 e. The van der Waals surface area contributed by atoms with Crippen LogP contribution in [0.4, 0.5) is 0 Å². The molecule has 9 nitrogen and oxygen atoms in total. The summed E-state index contributed by atoms with van der Waals surface area (Å²) in [5.41, 5.74) is 0. The Morgan fingerprint density at radius 2 is 0.831 bits per heavy atom. The summed E-state index contributed by atoms with van der Waals surface area (Å²) in [6, 6.07) is -0.863. The van der Waals surface area contributed by atoms with Crippen LogP contribution in [0.25, 0.3) is 0 Å². The van der Waals surface area contributed by atoms with Gasteiger partial charge in [-0.25, -0.2) is 4.57 Å². The predicted octanol–water partition coefficient (Wildman–Crippen LogP) is 19.6. The molecule has 3 atom stereocenters. The van der Waals surface area contributed by atoms with Crippen LogP contribution in [-0.2, 0) is 27.9 Å². The summed E-state index contributed by atoms with van der Waals surface area (Å²) in [7, 11) is 1.47. The number of amides is 1. The van der Waals surface area contributed by atoms with Crippen molar-refractivity contribution in [2.75, 3.05) is 40.9 Å². The number of rotatable bonds is 56. The van der Waals surface area contributed by atoms with E-state index in [1.165, 1.54) is 109 Å². The highest BCUT2D eigenvalue weighted by Crippen LogP contribution is 2.43. The molecule has 0 fully saturated rings. The molecule has 0 rings (SSSR count). The first-order valence-corrected chi connectivity index (χ1v) is 33.1. The highest BCUT2D eigenvalue weighted by atomic mass is 31.2. The molecule has 444 valence electrons. The van der Waals surface area contributed by atoms with Crippen molar-refractivity contribution in [2.45, 2.75) is 277 Å². The molecular weight excluding hydrogens is 976 g/mol. The Bertz CT molecular complexity index is 1640. The lowest BCUT2D eigenvalue weighted by Crippen LogP contribution is -2.47. The molecule has 10 heteroatoms. The number of carbonyl (C=O) groups excluding carboxylic acids is 2. The minimum atomic E-state index is -4.46. The van der Waals surface area contributed by atoms with Crippen LogP contribution in [0.15, 0.2) is 97.2 Å². The number of nitrogens with one attached hydrogen (secondary N) is 1. The quantitative estimate of drug-likeness (QED) is 0.0205. The Kier molecular flexibility index (Phi) is 54.0. The predicted molar refractivity (Wildman–Crippen MR) is 332 cm³/mol. The standard InChI is InChI=1S/C67H119N2O7P/c1-7-10-13-16-19-22-25-27-28-29-30-31-32-33-34-35-36-37-38-39-40-42-45-48-51-54-57-60-67(71)76-65(58-55-52-49-46-43-24-21-18-15-12-9-3)64(63-75-77(72,73)74-62-61-69(4,5)6)68-66(70)59-56-53-50-47-44-41-26-23-20-17-14-11-8-2/h10,13,19,22,27-28,30-31,33-34,36-37,41,44,55,58,64-65H,7-9,11-12,14-18,20-21,23-26,29,32,35,38-40,42-43,45-54,56-57,59-63H2,1-6H3,(H-,68,70,72,73)/p+1/b13-10-,22-19-,28-27-,31-30-,34-33-,37-36-,44-41-,58-55-. The fourth-order valence-electron chi connectivity index (χ4n) is 8.64. The minimum absolute atomic E-state index is 0.0324. The van der Waals surface area contributed by atoms with Crippen LogP contribution in [0.2, 0.25) is 0 Å². The first-order chi connectivity index (χ1) is 37.4. The van der Waals surface area contributed by atoms with Crippen LogP contribution in [0.3, 0.4) is 0 Å². The Morgan fingerprint density at radius 3 is 1.27 bits per heavy atom. The van der Waals surface area contributed by atoms with Crippen molar-refractivity contribution >= 4 is 19.7 Å². The Hall–Kier alpha value is -3.07. The maximum absolute atomic E-state index is 13.5. The summed E-state index contributed by atoms with van der Waals surface area (Å²) in [5.74, 6) is -0.537. The van der Waals surface area contributed by atoms with Crippen LogP contribution in [-0.4, -0.2) is 74.3 Å². The van der Waals surface area contributed by atoms with Crippen molar-refractivity contribution in [3.8, 4) is 0 Å². The number of phosphoric acid groups is 1. The zero-order valence-electron chi connectivity index (χ0n) is 50.7. The normalized spacial score (nSPS) is 14.3. The topological polar surface area (TPSA) is 111 Å². The second-order valence-electron chi connectivity index (χ2n) is 22.2. The van der Waals surface area contributed by atoms with Crippen molar-refractivity contribution in [2.24, 2.45) is 0 Å². The molecule has 0 aliphatic heterocycles. The maximum Gasteiger partial charge on any atom is 0.472 e. The number of hydrogen-bond donors (Lipinski definition) is 2. The molecule has 0 heterocycles. The molecule has 0 aromatic carbocycles. The third kappa shape index (κ3) is 57.4. The first kappa shape index (κ1) is 73.9. The molecule has 1 amide bonds. The zero-order valence-corrected chi connectivity index (χ0v) is 51.6. The van der Waals surface area contributed by atoms with Gasteiger partial charge in [0, 0.05) is 12.8 Å². The Morgan fingerprint density at radius 1 is 0.468 bits per heavy atom. The van der Waals surface area contributed by atoms with Crippen LogP contribution in [0.5, 0.6) is 0 Å². The lowest BCUT2D eigenvalue weighted by molar-refractivity contribution is -0.870. The number of likely N-dealkylation sites (N-methyl/N-ethyl adjacent to an activating group) is 1. The van der Waals surface area contributed by atoms with Crippen molar-refractivity contribution in [3.63, 3.8) is 0 Å². The molecule has 0 spiro atoms. The monoisotopic (exact) mass is 1100 g/mol. The van der Waals surface area contributed by atoms with E-state index in [9.17, 15) is 19.0 Å². The molecule has 77 heavy (non-hydrogen) atoms. The first-order valence-electron chi connectivity index (χ1n) is 31.6. The van der Waals surface area contributed by atoms with Crippen LogP contribution < -0.4 is 5.32 Å². The van der Waals surface area contributed by atoms with Gasteiger partial charge in [0.15, 0.2) is 0 Å². The van der Waals surface area contributed by atoms with Gasteiger partial charge in [-0.15, -0.1) is 0 Å². The molecule has 0 bridgehead atoms. The number of ether oxygens (including phenoxy) is 1. The number of esters is 1. The summed E-state index contributed by atoms with van der Waals surface area (Å²) in [6.45, 7) is 6.86. The highest BCUT2D eigenvalue weighted by Gasteiger charge is 2.30. The van der Waals surface area contributed by atoms with Gasteiger partial charge >= 0.3 is 13.8 Å². The molecule has 0 aromatic rings. The van der Waals surface area contributed by atoms with Gasteiger partial charge in [0.05, 0.1) is 33.8 Å². The number of unbranched alkanes of at least 4 members (excludes halogenated alkanes) is 26. The van der Waals surface area contributed by atoms with Gasteiger partial charge in [-0.05, 0) is 109 Å². The van der Waals surface area contributed by atoms with E-state index in [-0.39, 0.29) is 31.5 Å². The zero-order chi connectivity index (χ0) is 56.4. The average Bonchev–Trinajstić information content (AvgIpc) is 3.39. The molecular formula is C67H120N2O7P+. The molecule has 0 aliphatic rings. The number of quaternary nitrogens is 1. The number of nitrogens with zero attached hydrogens (tertiary/aromatic N) is 1. The van der Waals surface area contributed by atoms with E-state index in [2.05, 4.69) is 111 Å². The van der Waals surface area contributed by atoms with E-state index < -0.39 is 20.0 Å². The lowest BCUT2D eigenvalue weighted by Gasteiger charge is -2.27. The number of phosphoric ester groups is 1. The van der Waals surface area contributed by atoms with Gasteiger partial charge in [0.25, 0.3) is 0 Å². The third-order valence-corrected chi connectivity index (χ3v) is 14.5. The van der Waals surface area contributed by atoms with E-state index in [1.807, 2.05) is 33.3 Å². The van der Waals surface area contributed by atoms with Gasteiger partial charge in [0.2, 0.25) is 5.91 Å². The number of hydrogen-bond acceptors (Lipinski definition) is 6. The average molecular weight is 1100 g/mol. The van der Waals surface area contributed by atoms with Crippen molar-refractivity contribution < 1.29 is 37.3 Å². The van der Waals surface area contributed by atoms with Gasteiger partial charge < -0.3 is 19.4 Å². The Balaban J connectivity index is 5.11. The molecule has 0 saturated carbocycles. The van der Waals surface area contributed by atoms with Crippen molar-refractivity contribution in [3.05, 3.63) is 97.2 Å². The molecule has 0 aromatic heterocycles. The van der Waals surface area contributed by atoms with Crippen LogP contribution in [0.1, 0.15) is 265 Å². The molecule has 0 aliphatic carbocycles. The highest BCUT2D eigenvalue weighted by molar-refractivity contribution is 7.47. The van der Waals surface area contributed by atoms with Crippen molar-refractivity contribution in [1.29, 1.82) is 0 Å². The van der Waals surface area contributed by atoms with E-state index in [4.69, 9.17) is 13.8 Å². The smallest absolute Gasteiger partial charge is 0.456 e. The molecule has 0 saturated heterocycles.